The Morgan fingerprint density at radius 3 is 2.67 bits per heavy atom. The lowest BCUT2D eigenvalue weighted by Crippen LogP contribution is -2.20. The standard InChI is InChI=1S/C13H19F2NO2/c1-9(6-7-17-2)12(16)10-4-3-5-11(8-10)18-13(14)15/h3-5,8-9,12-13H,6-7,16H2,1-2H3. The molecule has 5 heteroatoms. The lowest BCUT2D eigenvalue weighted by Gasteiger charge is -2.20. The molecule has 0 bridgehead atoms. The Labute approximate surface area is 106 Å². The van der Waals surface area contributed by atoms with E-state index in [9.17, 15) is 8.78 Å². The molecule has 0 aliphatic carbocycles. The molecule has 3 nitrogen and oxygen atoms in total. The number of rotatable bonds is 7. The third-order valence-electron chi connectivity index (χ3n) is 2.86. The number of halogens is 2. The second-order valence-electron chi connectivity index (χ2n) is 4.24. The number of benzene rings is 1. The second-order valence-corrected chi connectivity index (χ2v) is 4.24. The lowest BCUT2D eigenvalue weighted by molar-refractivity contribution is -0.0499. The van der Waals surface area contributed by atoms with Gasteiger partial charge in [0.05, 0.1) is 0 Å². The SMILES string of the molecule is COCCC(C)C(N)c1cccc(OC(F)F)c1. The van der Waals surface area contributed by atoms with Crippen LogP contribution in [0.15, 0.2) is 24.3 Å². The molecule has 2 N–H and O–H groups in total. The molecule has 0 heterocycles. The highest BCUT2D eigenvalue weighted by Gasteiger charge is 2.15. The molecule has 2 unspecified atom stereocenters. The van der Waals surface area contributed by atoms with Gasteiger partial charge in [-0.25, -0.2) is 0 Å². The van der Waals surface area contributed by atoms with Gasteiger partial charge < -0.3 is 15.2 Å². The van der Waals surface area contributed by atoms with Gasteiger partial charge in [0.2, 0.25) is 0 Å². The maximum absolute atomic E-state index is 12.1. The van der Waals surface area contributed by atoms with Crippen molar-refractivity contribution in [2.75, 3.05) is 13.7 Å². The topological polar surface area (TPSA) is 44.5 Å². The first-order chi connectivity index (χ1) is 8.54. The summed E-state index contributed by atoms with van der Waals surface area (Å²) in [6.07, 6.45) is 0.817. The third kappa shape index (κ3) is 4.58. The quantitative estimate of drug-likeness (QED) is 0.818. The minimum Gasteiger partial charge on any atom is -0.435 e. The molecule has 0 amide bonds. The highest BCUT2D eigenvalue weighted by atomic mass is 19.3. The van der Waals surface area contributed by atoms with Crippen LogP contribution in [0.5, 0.6) is 5.75 Å². The average molecular weight is 259 g/mol. The van der Waals surface area contributed by atoms with E-state index in [-0.39, 0.29) is 17.7 Å². The van der Waals surface area contributed by atoms with E-state index in [2.05, 4.69) is 4.74 Å². The van der Waals surface area contributed by atoms with E-state index in [0.29, 0.717) is 6.61 Å². The molecule has 2 atom stereocenters. The van der Waals surface area contributed by atoms with Crippen LogP contribution in [0.3, 0.4) is 0 Å². The van der Waals surface area contributed by atoms with Crippen molar-refractivity contribution in [3.63, 3.8) is 0 Å². The molecule has 0 aliphatic rings. The highest BCUT2D eigenvalue weighted by molar-refractivity contribution is 5.30. The van der Waals surface area contributed by atoms with Crippen molar-refractivity contribution in [1.29, 1.82) is 0 Å². The van der Waals surface area contributed by atoms with Crippen LogP contribution in [0.1, 0.15) is 24.9 Å². The fourth-order valence-corrected chi connectivity index (χ4v) is 1.71. The highest BCUT2D eigenvalue weighted by Crippen LogP contribution is 2.25. The van der Waals surface area contributed by atoms with Crippen LogP contribution in [-0.4, -0.2) is 20.3 Å². The largest absolute Gasteiger partial charge is 0.435 e. The van der Waals surface area contributed by atoms with Crippen molar-refractivity contribution in [3.8, 4) is 5.75 Å². The van der Waals surface area contributed by atoms with Gasteiger partial charge in [-0.2, -0.15) is 8.78 Å². The monoisotopic (exact) mass is 259 g/mol. The second kappa shape index (κ2) is 7.28. The van der Waals surface area contributed by atoms with Gasteiger partial charge in [-0.3, -0.25) is 0 Å². The molecular formula is C13H19F2NO2. The molecule has 0 aliphatic heterocycles. The summed E-state index contributed by atoms with van der Waals surface area (Å²) in [5, 5.41) is 0. The van der Waals surface area contributed by atoms with Crippen LogP contribution in [0, 0.1) is 5.92 Å². The zero-order valence-corrected chi connectivity index (χ0v) is 10.6. The normalized spacial score (nSPS) is 14.6. The number of ether oxygens (including phenoxy) is 2. The maximum Gasteiger partial charge on any atom is 0.387 e. The van der Waals surface area contributed by atoms with Gasteiger partial charge in [-0.1, -0.05) is 19.1 Å². The van der Waals surface area contributed by atoms with Crippen molar-refractivity contribution in [3.05, 3.63) is 29.8 Å². The first-order valence-corrected chi connectivity index (χ1v) is 5.84. The first kappa shape index (κ1) is 14.9. The zero-order valence-electron chi connectivity index (χ0n) is 10.6. The predicted octanol–water partition coefficient (Wildman–Crippen LogP) is 2.96. The fourth-order valence-electron chi connectivity index (χ4n) is 1.71. The molecule has 0 radical (unpaired) electrons. The molecule has 0 saturated carbocycles. The van der Waals surface area contributed by atoms with Crippen LogP contribution >= 0.6 is 0 Å². The Morgan fingerprint density at radius 1 is 1.33 bits per heavy atom. The van der Waals surface area contributed by atoms with Gasteiger partial charge in [0.15, 0.2) is 0 Å². The molecule has 0 saturated heterocycles. The summed E-state index contributed by atoms with van der Waals surface area (Å²) in [4.78, 5) is 0. The molecule has 18 heavy (non-hydrogen) atoms. The lowest BCUT2D eigenvalue weighted by atomic mass is 9.93. The maximum atomic E-state index is 12.1. The Bertz CT molecular complexity index is 361. The molecule has 0 aromatic heterocycles. The van der Waals surface area contributed by atoms with Crippen molar-refractivity contribution in [1.82, 2.24) is 0 Å². The van der Waals surface area contributed by atoms with Gasteiger partial charge in [-0.15, -0.1) is 0 Å². The van der Waals surface area contributed by atoms with Crippen molar-refractivity contribution >= 4 is 0 Å². The van der Waals surface area contributed by atoms with Crippen molar-refractivity contribution < 1.29 is 18.3 Å². The summed E-state index contributed by atoms with van der Waals surface area (Å²) in [5.74, 6) is 0.337. The summed E-state index contributed by atoms with van der Waals surface area (Å²) in [5.41, 5.74) is 6.87. The Hall–Kier alpha value is -1.20. The van der Waals surface area contributed by atoms with E-state index >= 15 is 0 Å². The van der Waals surface area contributed by atoms with Gasteiger partial charge in [0, 0.05) is 19.8 Å². The summed E-state index contributed by atoms with van der Waals surface area (Å²) in [6.45, 7) is -0.186. The van der Waals surface area contributed by atoms with E-state index in [1.807, 2.05) is 13.0 Å². The van der Waals surface area contributed by atoms with Crippen LogP contribution in [-0.2, 0) is 4.74 Å². The Balaban J connectivity index is 2.69. The summed E-state index contributed by atoms with van der Waals surface area (Å²) < 4.78 is 33.6. The predicted molar refractivity (Wildman–Crippen MR) is 65.7 cm³/mol. The molecule has 1 aromatic carbocycles. The van der Waals surface area contributed by atoms with Gasteiger partial charge >= 0.3 is 6.61 Å². The number of hydrogen-bond acceptors (Lipinski definition) is 3. The minimum absolute atomic E-state index is 0.136. The number of methoxy groups -OCH3 is 1. The Kier molecular flexibility index (Phi) is 6.01. The number of nitrogens with two attached hydrogens (primary N) is 1. The molecule has 0 spiro atoms. The van der Waals surface area contributed by atoms with Crippen molar-refractivity contribution in [2.45, 2.75) is 26.0 Å². The van der Waals surface area contributed by atoms with Crippen LogP contribution < -0.4 is 10.5 Å². The Morgan fingerprint density at radius 2 is 2.06 bits per heavy atom. The summed E-state index contributed by atoms with van der Waals surface area (Å²) >= 11 is 0. The van der Waals surface area contributed by atoms with E-state index in [1.54, 1.807) is 19.2 Å². The number of alkyl halides is 2. The zero-order chi connectivity index (χ0) is 13.5. The molecular weight excluding hydrogens is 240 g/mol. The van der Waals surface area contributed by atoms with E-state index < -0.39 is 6.61 Å². The van der Waals surface area contributed by atoms with E-state index in [4.69, 9.17) is 10.5 Å². The number of hydrogen-bond donors (Lipinski definition) is 1. The molecule has 0 fully saturated rings. The van der Waals surface area contributed by atoms with Gasteiger partial charge in [0.25, 0.3) is 0 Å². The van der Waals surface area contributed by atoms with E-state index in [0.717, 1.165) is 12.0 Å². The van der Waals surface area contributed by atoms with Crippen molar-refractivity contribution in [2.24, 2.45) is 11.7 Å². The van der Waals surface area contributed by atoms with E-state index in [1.165, 1.54) is 6.07 Å². The smallest absolute Gasteiger partial charge is 0.387 e. The first-order valence-electron chi connectivity index (χ1n) is 5.84. The van der Waals surface area contributed by atoms with Gasteiger partial charge in [-0.05, 0) is 30.0 Å². The van der Waals surface area contributed by atoms with Crippen LogP contribution in [0.25, 0.3) is 0 Å². The fraction of sp³-hybridized carbons (Fsp3) is 0.538. The molecule has 1 aromatic rings. The molecule has 102 valence electrons. The summed E-state index contributed by atoms with van der Waals surface area (Å²) in [6, 6.07) is 6.30. The van der Waals surface area contributed by atoms with Gasteiger partial charge in [0.1, 0.15) is 5.75 Å². The summed E-state index contributed by atoms with van der Waals surface area (Å²) in [7, 11) is 1.63. The minimum atomic E-state index is -2.82. The molecule has 1 rings (SSSR count). The van der Waals surface area contributed by atoms with Crippen LogP contribution in [0.4, 0.5) is 8.78 Å². The third-order valence-corrected chi connectivity index (χ3v) is 2.86. The van der Waals surface area contributed by atoms with Crippen LogP contribution in [0.2, 0.25) is 0 Å². The average Bonchev–Trinajstić information content (AvgIpc) is 2.34.